The molecule has 0 aliphatic heterocycles. The second-order valence-corrected chi connectivity index (χ2v) is 4.08. The second-order valence-electron chi connectivity index (χ2n) is 3.52. The first-order chi connectivity index (χ1) is 8.33. The van der Waals surface area contributed by atoms with Gasteiger partial charge in [0, 0.05) is 17.0 Å². The predicted octanol–water partition coefficient (Wildman–Crippen LogP) is 4.38. The number of benzene rings is 2. The van der Waals surface area contributed by atoms with Crippen molar-refractivity contribution in [2.75, 3.05) is 7.11 Å². The van der Waals surface area contributed by atoms with Gasteiger partial charge in [-0.1, -0.05) is 40.2 Å². The summed E-state index contributed by atoms with van der Waals surface area (Å²) in [6.07, 6.45) is 0. The number of alkyl halides is 1. The maximum absolute atomic E-state index is 5.83. The maximum atomic E-state index is 5.83. The Morgan fingerprint density at radius 3 is 2.53 bits per heavy atom. The van der Waals surface area contributed by atoms with Gasteiger partial charge in [0.1, 0.15) is 17.2 Å². The number of ether oxygens (including phenoxy) is 2. The highest BCUT2D eigenvalue weighted by Gasteiger charge is 2.03. The first-order valence-electron chi connectivity index (χ1n) is 5.29. The molecule has 0 aliphatic rings. The van der Waals surface area contributed by atoms with Gasteiger partial charge < -0.3 is 9.47 Å². The summed E-state index contributed by atoms with van der Waals surface area (Å²) in [7, 11) is 1.64. The van der Waals surface area contributed by atoms with Crippen molar-refractivity contribution in [1.82, 2.24) is 0 Å². The molecular formula is C14H13BrO2. The lowest BCUT2D eigenvalue weighted by Gasteiger charge is -2.10. The molecule has 2 aromatic rings. The molecule has 0 spiro atoms. The van der Waals surface area contributed by atoms with Gasteiger partial charge in [0.05, 0.1) is 7.11 Å². The number of hydrogen-bond donors (Lipinski definition) is 0. The Kier molecular flexibility index (Phi) is 4.04. The van der Waals surface area contributed by atoms with E-state index in [4.69, 9.17) is 9.47 Å². The molecule has 0 aliphatic carbocycles. The number of rotatable bonds is 4. The number of methoxy groups -OCH3 is 1. The molecule has 0 atom stereocenters. The van der Waals surface area contributed by atoms with Crippen LogP contribution in [0.5, 0.6) is 17.2 Å². The van der Waals surface area contributed by atoms with E-state index in [2.05, 4.69) is 15.9 Å². The summed E-state index contributed by atoms with van der Waals surface area (Å²) in [5.74, 6) is 2.43. The third-order valence-corrected chi connectivity index (χ3v) is 2.99. The van der Waals surface area contributed by atoms with Crippen molar-refractivity contribution < 1.29 is 9.47 Å². The van der Waals surface area contributed by atoms with Crippen LogP contribution in [0.2, 0.25) is 0 Å². The lowest BCUT2D eigenvalue weighted by atomic mass is 10.2. The summed E-state index contributed by atoms with van der Waals surface area (Å²) < 4.78 is 11.0. The molecule has 2 rings (SSSR count). The van der Waals surface area contributed by atoms with Crippen molar-refractivity contribution >= 4 is 15.9 Å². The highest BCUT2D eigenvalue weighted by molar-refractivity contribution is 9.08. The smallest absolute Gasteiger partial charge is 0.131 e. The SMILES string of the molecule is COc1cccc(Oc2ccccc2CBr)c1. The summed E-state index contributed by atoms with van der Waals surface area (Å²) in [5, 5.41) is 0.771. The van der Waals surface area contributed by atoms with Gasteiger partial charge in [-0.05, 0) is 18.2 Å². The largest absolute Gasteiger partial charge is 0.497 e. The summed E-state index contributed by atoms with van der Waals surface area (Å²) in [4.78, 5) is 0. The van der Waals surface area contributed by atoms with Crippen molar-refractivity contribution in [3.05, 3.63) is 54.1 Å². The Bertz CT molecular complexity index is 497. The van der Waals surface area contributed by atoms with Crippen LogP contribution in [0.15, 0.2) is 48.5 Å². The molecule has 0 fully saturated rings. The van der Waals surface area contributed by atoms with E-state index in [9.17, 15) is 0 Å². The molecule has 2 nitrogen and oxygen atoms in total. The van der Waals surface area contributed by atoms with E-state index >= 15 is 0 Å². The Hall–Kier alpha value is -1.48. The Labute approximate surface area is 109 Å². The Morgan fingerprint density at radius 1 is 1.00 bits per heavy atom. The van der Waals surface area contributed by atoms with E-state index in [0.717, 1.165) is 28.1 Å². The van der Waals surface area contributed by atoms with Crippen LogP contribution in [-0.2, 0) is 5.33 Å². The average molecular weight is 293 g/mol. The van der Waals surface area contributed by atoms with Gasteiger partial charge in [-0.2, -0.15) is 0 Å². The number of para-hydroxylation sites is 1. The minimum atomic E-state index is 0.771. The average Bonchev–Trinajstić information content (AvgIpc) is 2.39. The fraction of sp³-hybridized carbons (Fsp3) is 0.143. The minimum absolute atomic E-state index is 0.771. The second kappa shape index (κ2) is 5.73. The third kappa shape index (κ3) is 3.01. The van der Waals surface area contributed by atoms with Gasteiger partial charge in [0.2, 0.25) is 0 Å². The summed E-state index contributed by atoms with van der Waals surface area (Å²) in [6, 6.07) is 15.5. The highest BCUT2D eigenvalue weighted by atomic mass is 79.9. The van der Waals surface area contributed by atoms with Crippen molar-refractivity contribution in [3.63, 3.8) is 0 Å². The predicted molar refractivity (Wildman–Crippen MR) is 72.1 cm³/mol. The molecule has 0 amide bonds. The molecule has 0 radical (unpaired) electrons. The maximum Gasteiger partial charge on any atom is 0.131 e. The van der Waals surface area contributed by atoms with E-state index in [1.54, 1.807) is 7.11 Å². The van der Waals surface area contributed by atoms with Crippen LogP contribution in [0, 0.1) is 0 Å². The van der Waals surface area contributed by atoms with Gasteiger partial charge in [-0.15, -0.1) is 0 Å². The van der Waals surface area contributed by atoms with Gasteiger partial charge in [0.25, 0.3) is 0 Å². The van der Waals surface area contributed by atoms with Gasteiger partial charge in [-0.25, -0.2) is 0 Å². The number of halogens is 1. The zero-order chi connectivity index (χ0) is 12.1. The molecule has 0 aromatic heterocycles. The molecule has 0 saturated heterocycles. The minimum Gasteiger partial charge on any atom is -0.497 e. The van der Waals surface area contributed by atoms with Crippen LogP contribution in [-0.4, -0.2) is 7.11 Å². The fourth-order valence-corrected chi connectivity index (χ4v) is 1.97. The van der Waals surface area contributed by atoms with E-state index in [-0.39, 0.29) is 0 Å². The van der Waals surface area contributed by atoms with Crippen molar-refractivity contribution in [2.24, 2.45) is 0 Å². The van der Waals surface area contributed by atoms with E-state index in [1.165, 1.54) is 0 Å². The number of hydrogen-bond acceptors (Lipinski definition) is 2. The van der Waals surface area contributed by atoms with Crippen LogP contribution in [0.1, 0.15) is 5.56 Å². The molecule has 2 aromatic carbocycles. The Morgan fingerprint density at radius 2 is 1.76 bits per heavy atom. The summed E-state index contributed by atoms with van der Waals surface area (Å²) in [6.45, 7) is 0. The summed E-state index contributed by atoms with van der Waals surface area (Å²) >= 11 is 3.45. The lowest BCUT2D eigenvalue weighted by molar-refractivity contribution is 0.409. The molecular weight excluding hydrogens is 280 g/mol. The quantitative estimate of drug-likeness (QED) is 0.779. The summed E-state index contributed by atoms with van der Waals surface area (Å²) in [5.41, 5.74) is 1.12. The molecule has 3 heteroatoms. The normalized spacial score (nSPS) is 10.0. The molecule has 17 heavy (non-hydrogen) atoms. The molecule has 0 heterocycles. The van der Waals surface area contributed by atoms with Gasteiger partial charge in [0.15, 0.2) is 0 Å². The monoisotopic (exact) mass is 292 g/mol. The molecule has 88 valence electrons. The van der Waals surface area contributed by atoms with Crippen molar-refractivity contribution in [2.45, 2.75) is 5.33 Å². The molecule has 0 bridgehead atoms. The standard InChI is InChI=1S/C14H13BrO2/c1-16-12-6-4-7-13(9-12)17-14-8-3-2-5-11(14)10-15/h2-9H,10H2,1H3. The molecule has 0 saturated carbocycles. The van der Waals surface area contributed by atoms with Crippen LogP contribution in [0.3, 0.4) is 0 Å². The first kappa shape index (κ1) is 12.0. The van der Waals surface area contributed by atoms with Crippen molar-refractivity contribution in [1.29, 1.82) is 0 Å². The van der Waals surface area contributed by atoms with Crippen LogP contribution in [0.4, 0.5) is 0 Å². The lowest BCUT2D eigenvalue weighted by Crippen LogP contribution is -1.90. The molecule has 0 N–H and O–H groups in total. The van der Waals surface area contributed by atoms with Crippen molar-refractivity contribution in [3.8, 4) is 17.2 Å². The Balaban J connectivity index is 2.24. The van der Waals surface area contributed by atoms with Crippen LogP contribution < -0.4 is 9.47 Å². The van der Waals surface area contributed by atoms with Crippen LogP contribution in [0.25, 0.3) is 0 Å². The zero-order valence-corrected chi connectivity index (χ0v) is 11.1. The van der Waals surface area contributed by atoms with E-state index < -0.39 is 0 Å². The topological polar surface area (TPSA) is 18.5 Å². The fourth-order valence-electron chi connectivity index (χ4n) is 1.51. The first-order valence-corrected chi connectivity index (χ1v) is 6.41. The third-order valence-electron chi connectivity index (χ3n) is 2.39. The van der Waals surface area contributed by atoms with E-state index in [0.29, 0.717) is 0 Å². The van der Waals surface area contributed by atoms with Gasteiger partial charge >= 0.3 is 0 Å². The van der Waals surface area contributed by atoms with Crippen LogP contribution >= 0.6 is 15.9 Å². The molecule has 0 unspecified atom stereocenters. The zero-order valence-electron chi connectivity index (χ0n) is 9.52. The van der Waals surface area contributed by atoms with Gasteiger partial charge in [-0.3, -0.25) is 0 Å². The highest BCUT2D eigenvalue weighted by Crippen LogP contribution is 2.28. The van der Waals surface area contributed by atoms with E-state index in [1.807, 2.05) is 48.5 Å².